The summed E-state index contributed by atoms with van der Waals surface area (Å²) >= 11 is 0. The van der Waals surface area contributed by atoms with Gasteiger partial charge >= 0.3 is 5.97 Å². The number of allylic oxidation sites excluding steroid dienone is 4. The monoisotopic (exact) mass is 644 g/mol. The molecule has 2 atom stereocenters. The average Bonchev–Trinajstić information content (AvgIpc) is 3.72. The highest BCUT2D eigenvalue weighted by Gasteiger charge is 2.53. The van der Waals surface area contributed by atoms with Crippen molar-refractivity contribution in [2.45, 2.75) is 93.4 Å². The molecule has 0 amide bonds. The van der Waals surface area contributed by atoms with Gasteiger partial charge in [-0.1, -0.05) is 70.4 Å². The summed E-state index contributed by atoms with van der Waals surface area (Å²) < 4.78 is 5.52. The summed E-state index contributed by atoms with van der Waals surface area (Å²) in [6, 6.07) is 0. The summed E-state index contributed by atoms with van der Waals surface area (Å²) in [6.07, 6.45) is 22.4. The average molecular weight is 645 g/mol. The number of carbonyl (C=O) groups is 1. The summed E-state index contributed by atoms with van der Waals surface area (Å²) in [5.41, 5.74) is 15.2. The molecule has 8 bridgehead atoms. The van der Waals surface area contributed by atoms with E-state index in [0.717, 1.165) is 112 Å². The predicted molar refractivity (Wildman–Crippen MR) is 199 cm³/mol. The number of hydrogen-bond donors (Lipinski definition) is 4. The molecule has 3 aromatic rings. The molecule has 6 nitrogen and oxygen atoms in total. The van der Waals surface area contributed by atoms with Crippen molar-refractivity contribution in [3.8, 4) is 0 Å². The van der Waals surface area contributed by atoms with Crippen LogP contribution in [0.25, 0.3) is 30.4 Å². The van der Waals surface area contributed by atoms with E-state index in [2.05, 4.69) is 112 Å². The van der Waals surface area contributed by atoms with E-state index in [0.29, 0.717) is 0 Å². The molecule has 2 aliphatic heterocycles. The second kappa shape index (κ2) is 13.2. The summed E-state index contributed by atoms with van der Waals surface area (Å²) in [5, 5.41) is 6.11. The van der Waals surface area contributed by atoms with E-state index in [1.54, 1.807) is 0 Å². The van der Waals surface area contributed by atoms with Crippen molar-refractivity contribution in [3.63, 3.8) is 0 Å². The predicted octanol–water partition coefficient (Wildman–Crippen LogP) is 7.95. The SMILES string of the molecule is C=Cc1c2[nH]c(c1C)C=c1[nH]c(c(CCC)c1C)=Cc1[nH]c(c(C)c1CCCC)C=C1NC(=C2)C2(C)C1=CC=C(CCC)C2C(=O)OC. The van der Waals surface area contributed by atoms with Crippen LogP contribution in [0.4, 0.5) is 0 Å². The third kappa shape index (κ3) is 5.39. The van der Waals surface area contributed by atoms with Crippen LogP contribution < -0.4 is 16.0 Å². The van der Waals surface area contributed by atoms with E-state index < -0.39 is 11.3 Å². The van der Waals surface area contributed by atoms with Crippen LogP contribution in [0.5, 0.6) is 0 Å². The lowest BCUT2D eigenvalue weighted by atomic mass is 9.64. The van der Waals surface area contributed by atoms with Crippen molar-refractivity contribution < 1.29 is 9.53 Å². The number of hydrogen-bond acceptors (Lipinski definition) is 3. The Balaban J connectivity index is 1.72. The molecule has 0 radical (unpaired) electrons. The van der Waals surface area contributed by atoms with Crippen molar-refractivity contribution in [3.05, 3.63) is 108 Å². The van der Waals surface area contributed by atoms with Gasteiger partial charge in [0.05, 0.1) is 18.4 Å². The zero-order valence-electron chi connectivity index (χ0n) is 30.1. The minimum atomic E-state index is -0.659. The molecule has 1 fully saturated rings. The Kier molecular flexibility index (Phi) is 9.21. The van der Waals surface area contributed by atoms with E-state index in [9.17, 15) is 4.79 Å². The van der Waals surface area contributed by atoms with Gasteiger partial charge in [0.25, 0.3) is 0 Å². The molecule has 6 heteroatoms. The summed E-state index contributed by atoms with van der Waals surface area (Å²) in [7, 11) is 1.50. The molecule has 6 rings (SSSR count). The number of unbranched alkanes of at least 4 members (excludes halogenated alkanes) is 1. The maximum absolute atomic E-state index is 13.7. The first-order chi connectivity index (χ1) is 23.1. The van der Waals surface area contributed by atoms with Crippen LogP contribution in [0, 0.1) is 32.1 Å². The first-order valence-corrected chi connectivity index (χ1v) is 17.8. The van der Waals surface area contributed by atoms with E-state index in [1.807, 2.05) is 6.08 Å². The van der Waals surface area contributed by atoms with Gasteiger partial charge in [-0.2, -0.15) is 0 Å². The Morgan fingerprint density at radius 2 is 1.52 bits per heavy atom. The van der Waals surface area contributed by atoms with Crippen molar-refractivity contribution in [1.82, 2.24) is 20.3 Å². The van der Waals surface area contributed by atoms with Gasteiger partial charge in [0.15, 0.2) is 0 Å². The maximum atomic E-state index is 13.7. The molecular weight excluding hydrogens is 592 g/mol. The molecule has 48 heavy (non-hydrogen) atoms. The van der Waals surface area contributed by atoms with Crippen LogP contribution in [0.3, 0.4) is 0 Å². The minimum absolute atomic E-state index is 0.210. The lowest BCUT2D eigenvalue weighted by Crippen LogP contribution is -2.38. The lowest BCUT2D eigenvalue weighted by Gasteiger charge is -2.37. The van der Waals surface area contributed by atoms with Gasteiger partial charge in [-0.25, -0.2) is 0 Å². The highest BCUT2D eigenvalue weighted by atomic mass is 16.5. The summed E-state index contributed by atoms with van der Waals surface area (Å²) in [4.78, 5) is 25.1. The second-order valence-electron chi connectivity index (χ2n) is 13.9. The van der Waals surface area contributed by atoms with E-state index >= 15 is 0 Å². The zero-order chi connectivity index (χ0) is 34.3. The smallest absolute Gasteiger partial charge is 0.314 e. The number of carbonyl (C=O) groups excluding carboxylic acids is 1. The van der Waals surface area contributed by atoms with E-state index in [1.165, 1.54) is 29.4 Å². The Labute approximate surface area is 285 Å². The summed E-state index contributed by atoms with van der Waals surface area (Å²) in [6.45, 7) is 19.7. The maximum Gasteiger partial charge on any atom is 0.314 e. The van der Waals surface area contributed by atoms with Crippen molar-refractivity contribution >= 4 is 36.3 Å². The quantitative estimate of drug-likeness (QED) is 0.178. The molecule has 0 aromatic carbocycles. The van der Waals surface area contributed by atoms with Gasteiger partial charge in [-0.05, 0) is 111 Å². The van der Waals surface area contributed by atoms with Gasteiger partial charge in [0.2, 0.25) is 0 Å². The molecule has 1 saturated heterocycles. The number of rotatable bonds is 9. The van der Waals surface area contributed by atoms with Crippen LogP contribution in [0.2, 0.25) is 0 Å². The van der Waals surface area contributed by atoms with Gasteiger partial charge in [0, 0.05) is 50.4 Å². The number of aromatic nitrogens is 3. The first-order valence-electron chi connectivity index (χ1n) is 17.8. The second-order valence-corrected chi connectivity index (χ2v) is 13.9. The molecular formula is C42H52N4O2. The Bertz CT molecular complexity index is 2040. The van der Waals surface area contributed by atoms with Crippen molar-refractivity contribution in [1.29, 1.82) is 0 Å². The molecule has 3 aromatic heterocycles. The third-order valence-corrected chi connectivity index (χ3v) is 11.0. The fraction of sp³-hybridized carbons (Fsp3) is 0.405. The Morgan fingerprint density at radius 3 is 2.21 bits per heavy atom. The number of fused-ring (bicyclic) bond motifs is 11. The van der Waals surface area contributed by atoms with Crippen LogP contribution in [-0.4, -0.2) is 28.0 Å². The van der Waals surface area contributed by atoms with E-state index in [4.69, 9.17) is 4.74 Å². The van der Waals surface area contributed by atoms with Crippen LogP contribution >= 0.6 is 0 Å². The highest BCUT2D eigenvalue weighted by molar-refractivity contribution is 5.84. The van der Waals surface area contributed by atoms with Gasteiger partial charge in [-0.15, -0.1) is 0 Å². The molecule has 3 aliphatic rings. The standard InChI is InChI=1S/C42H52N4O2/c1-10-14-17-30-26(7)34-21-38-31-19-18-27(15-11-2)40(41(47)48-9)42(31,8)39(46-38)23-37-28(13-4)24(5)32(45-37)20-33-25(6)29(16-12-3)35(43-33)22-36(30)44-34/h13,18-23,40,43-46H,4,10-12,14-17H2,1-3,5-9H3. The molecule has 4 N–H and O–H groups in total. The third-order valence-electron chi connectivity index (χ3n) is 11.0. The van der Waals surface area contributed by atoms with Crippen LogP contribution in [-0.2, 0) is 22.4 Å². The molecule has 1 aliphatic carbocycles. The van der Waals surface area contributed by atoms with Crippen molar-refractivity contribution in [2.24, 2.45) is 11.3 Å². The number of aromatic amines is 3. The minimum Gasteiger partial charge on any atom is -0.469 e. The number of methoxy groups -OCH3 is 1. The van der Waals surface area contributed by atoms with Gasteiger partial charge < -0.3 is 25.0 Å². The highest BCUT2D eigenvalue weighted by Crippen LogP contribution is 2.55. The lowest BCUT2D eigenvalue weighted by molar-refractivity contribution is -0.146. The topological polar surface area (TPSA) is 85.7 Å². The van der Waals surface area contributed by atoms with Gasteiger partial charge in [0.1, 0.15) is 0 Å². The number of nitrogens with one attached hydrogen (secondary N) is 4. The Hall–Kier alpha value is -4.45. The number of H-pyrrole nitrogens is 3. The van der Waals surface area contributed by atoms with Crippen LogP contribution in [0.15, 0.2) is 41.3 Å². The van der Waals surface area contributed by atoms with Gasteiger partial charge in [-0.3, -0.25) is 4.79 Å². The normalized spacial score (nSPS) is 19.6. The molecule has 5 heterocycles. The largest absolute Gasteiger partial charge is 0.469 e. The van der Waals surface area contributed by atoms with Crippen LogP contribution in [0.1, 0.15) is 116 Å². The molecule has 2 unspecified atom stereocenters. The summed E-state index contributed by atoms with van der Waals surface area (Å²) in [5.74, 6) is -0.660. The van der Waals surface area contributed by atoms with Crippen molar-refractivity contribution in [2.75, 3.05) is 7.11 Å². The first kappa shape index (κ1) is 33.5. The molecule has 0 spiro atoms. The Morgan fingerprint density at radius 1 is 0.812 bits per heavy atom. The molecule has 0 saturated carbocycles. The fourth-order valence-corrected chi connectivity index (χ4v) is 8.21. The fourth-order valence-electron chi connectivity index (χ4n) is 8.21. The van der Waals surface area contributed by atoms with E-state index in [-0.39, 0.29) is 5.97 Å². The molecule has 252 valence electrons. The number of ether oxygens (including phenoxy) is 1. The number of esters is 1. The zero-order valence-corrected chi connectivity index (χ0v) is 30.1.